The van der Waals surface area contributed by atoms with Gasteiger partial charge >= 0.3 is 6.18 Å². The number of halogens is 3. The lowest BCUT2D eigenvalue weighted by atomic mass is 9.99. The molecular weight excluding hydrogens is 353 g/mol. The van der Waals surface area contributed by atoms with Gasteiger partial charge in [0.2, 0.25) is 0 Å². The molecule has 5 nitrogen and oxygen atoms in total. The Morgan fingerprint density at radius 1 is 1.20 bits per heavy atom. The quantitative estimate of drug-likeness (QED) is 0.725. The van der Waals surface area contributed by atoms with Gasteiger partial charge in [-0.2, -0.15) is 18.2 Å². The third-order valence-electron chi connectivity index (χ3n) is 4.66. The van der Waals surface area contributed by atoms with Gasteiger partial charge in [0.15, 0.2) is 5.82 Å². The van der Waals surface area contributed by atoms with E-state index in [1.165, 1.54) is 6.07 Å². The van der Waals surface area contributed by atoms with Gasteiger partial charge in [0.05, 0.1) is 10.4 Å². The van der Waals surface area contributed by atoms with Gasteiger partial charge < -0.3 is 10.3 Å². The molecule has 0 aromatic carbocycles. The number of fused-ring (bicyclic) bond motifs is 1. The molecule has 0 unspecified atom stereocenters. The van der Waals surface area contributed by atoms with Crippen LogP contribution >= 0.6 is 11.3 Å². The second-order valence-corrected chi connectivity index (χ2v) is 7.39. The summed E-state index contributed by atoms with van der Waals surface area (Å²) in [6.07, 6.45) is -0.834. The van der Waals surface area contributed by atoms with Gasteiger partial charge in [0.1, 0.15) is 10.5 Å². The average molecular weight is 368 g/mol. The molecule has 3 aromatic heterocycles. The lowest BCUT2D eigenvalue weighted by Crippen LogP contribution is -2.34. The van der Waals surface area contributed by atoms with Crippen LogP contribution in [-0.4, -0.2) is 15.1 Å². The Bertz CT molecular complexity index is 941. The van der Waals surface area contributed by atoms with Crippen molar-refractivity contribution in [3.63, 3.8) is 0 Å². The summed E-state index contributed by atoms with van der Waals surface area (Å²) >= 11 is 1.11. The second-order valence-electron chi connectivity index (χ2n) is 6.39. The van der Waals surface area contributed by atoms with Gasteiger partial charge in [0.25, 0.3) is 5.89 Å². The van der Waals surface area contributed by atoms with Crippen LogP contribution in [0.25, 0.3) is 21.0 Å². The van der Waals surface area contributed by atoms with Crippen LogP contribution in [0.3, 0.4) is 0 Å². The van der Waals surface area contributed by atoms with Crippen molar-refractivity contribution in [2.24, 2.45) is 5.73 Å². The number of aromatic nitrogens is 3. The summed E-state index contributed by atoms with van der Waals surface area (Å²) in [6.45, 7) is 1.81. The molecule has 1 aliphatic carbocycles. The molecule has 9 heteroatoms. The van der Waals surface area contributed by atoms with Crippen LogP contribution < -0.4 is 5.73 Å². The molecule has 25 heavy (non-hydrogen) atoms. The fourth-order valence-electron chi connectivity index (χ4n) is 3.21. The van der Waals surface area contributed by atoms with E-state index in [4.69, 9.17) is 10.3 Å². The number of hydrogen-bond donors (Lipinski definition) is 1. The van der Waals surface area contributed by atoms with E-state index in [-0.39, 0.29) is 5.89 Å². The summed E-state index contributed by atoms with van der Waals surface area (Å²) in [6, 6.07) is 2.41. The smallest absolute Gasteiger partial charge is 0.333 e. The van der Waals surface area contributed by atoms with Gasteiger partial charge in [-0.05, 0) is 37.5 Å². The van der Waals surface area contributed by atoms with Crippen molar-refractivity contribution in [2.45, 2.75) is 44.3 Å². The predicted octanol–water partition coefficient (Wildman–Crippen LogP) is 4.40. The molecule has 1 fully saturated rings. The van der Waals surface area contributed by atoms with Crippen LogP contribution in [0.2, 0.25) is 0 Å². The summed E-state index contributed by atoms with van der Waals surface area (Å²) in [4.78, 5) is 9.07. The zero-order valence-corrected chi connectivity index (χ0v) is 14.2. The Morgan fingerprint density at radius 3 is 2.60 bits per heavy atom. The minimum atomic E-state index is -4.47. The largest absolute Gasteiger partial charge is 0.433 e. The number of aryl methyl sites for hydroxylation is 1. The van der Waals surface area contributed by atoms with E-state index in [9.17, 15) is 13.2 Å². The molecule has 0 bridgehead atoms. The fraction of sp³-hybridized carbons (Fsp3) is 0.438. The highest BCUT2D eigenvalue weighted by Gasteiger charge is 2.37. The van der Waals surface area contributed by atoms with Crippen molar-refractivity contribution in [3.8, 4) is 10.8 Å². The second kappa shape index (κ2) is 5.50. The number of hydrogen-bond acceptors (Lipinski definition) is 6. The molecule has 0 atom stereocenters. The third kappa shape index (κ3) is 2.71. The Hall–Kier alpha value is -2.00. The van der Waals surface area contributed by atoms with Gasteiger partial charge in [-0.3, -0.25) is 0 Å². The van der Waals surface area contributed by atoms with Crippen molar-refractivity contribution in [1.29, 1.82) is 0 Å². The van der Waals surface area contributed by atoms with Gasteiger partial charge in [0, 0.05) is 5.39 Å². The lowest BCUT2D eigenvalue weighted by Gasteiger charge is -2.17. The molecular formula is C16H15F3N4OS. The van der Waals surface area contributed by atoms with Crippen molar-refractivity contribution in [3.05, 3.63) is 29.2 Å². The molecule has 0 radical (unpaired) electrons. The lowest BCUT2D eigenvalue weighted by molar-refractivity contribution is -0.140. The SMILES string of the molecule is Cc1c(-c2nc(C3(N)CCCC3)no2)sc2nc(C(F)(F)F)ccc12. The van der Waals surface area contributed by atoms with Crippen LogP contribution in [0.1, 0.15) is 42.8 Å². The topological polar surface area (TPSA) is 77.8 Å². The Balaban J connectivity index is 1.77. The van der Waals surface area contributed by atoms with Crippen LogP contribution in [-0.2, 0) is 11.7 Å². The highest BCUT2D eigenvalue weighted by atomic mass is 32.1. The Labute approximate surface area is 145 Å². The van der Waals surface area contributed by atoms with E-state index >= 15 is 0 Å². The van der Waals surface area contributed by atoms with Crippen LogP contribution in [0, 0.1) is 6.92 Å². The highest BCUT2D eigenvalue weighted by molar-refractivity contribution is 7.22. The van der Waals surface area contributed by atoms with Crippen molar-refractivity contribution >= 4 is 21.6 Å². The average Bonchev–Trinajstić information content (AvgIpc) is 3.26. The predicted molar refractivity (Wildman–Crippen MR) is 87.0 cm³/mol. The number of rotatable bonds is 2. The molecule has 1 aliphatic rings. The molecule has 132 valence electrons. The maximum atomic E-state index is 12.9. The van der Waals surface area contributed by atoms with E-state index in [1.807, 2.05) is 0 Å². The minimum absolute atomic E-state index is 0.279. The summed E-state index contributed by atoms with van der Waals surface area (Å²) in [5.41, 5.74) is 5.62. The molecule has 4 rings (SSSR count). The maximum absolute atomic E-state index is 12.9. The van der Waals surface area contributed by atoms with E-state index < -0.39 is 17.4 Å². The van der Waals surface area contributed by atoms with Crippen molar-refractivity contribution in [1.82, 2.24) is 15.1 Å². The molecule has 3 aromatic rings. The Morgan fingerprint density at radius 2 is 1.92 bits per heavy atom. The van der Waals surface area contributed by atoms with Crippen LogP contribution in [0.5, 0.6) is 0 Å². The van der Waals surface area contributed by atoms with E-state index in [0.717, 1.165) is 48.6 Å². The summed E-state index contributed by atoms with van der Waals surface area (Å²) in [5, 5.41) is 4.66. The highest BCUT2D eigenvalue weighted by Crippen LogP contribution is 2.40. The monoisotopic (exact) mass is 368 g/mol. The molecule has 0 aliphatic heterocycles. The van der Waals surface area contributed by atoms with Crippen LogP contribution in [0.4, 0.5) is 13.2 Å². The third-order valence-corrected chi connectivity index (χ3v) is 5.84. The molecule has 0 saturated heterocycles. The van der Waals surface area contributed by atoms with Crippen molar-refractivity contribution in [2.75, 3.05) is 0 Å². The maximum Gasteiger partial charge on any atom is 0.433 e. The molecule has 0 amide bonds. The first kappa shape index (κ1) is 16.5. The first-order chi connectivity index (χ1) is 11.8. The van der Waals surface area contributed by atoms with E-state index in [0.29, 0.717) is 20.9 Å². The zero-order chi connectivity index (χ0) is 17.8. The van der Waals surface area contributed by atoms with E-state index in [1.54, 1.807) is 6.92 Å². The number of alkyl halides is 3. The first-order valence-corrected chi connectivity index (χ1v) is 8.70. The summed E-state index contributed by atoms with van der Waals surface area (Å²) in [7, 11) is 0. The van der Waals surface area contributed by atoms with Gasteiger partial charge in [-0.25, -0.2) is 4.98 Å². The normalized spacial score (nSPS) is 17.5. The number of nitrogens with zero attached hydrogens (tertiary/aromatic N) is 3. The molecule has 1 saturated carbocycles. The molecule has 3 heterocycles. The standard InChI is InChI=1S/C16H15F3N4OS/c1-8-9-4-5-10(16(17,18)19)21-13(9)25-11(8)12-22-14(23-24-12)15(20)6-2-3-7-15/h4-5H,2-3,6-7,20H2,1H3. The fourth-order valence-corrected chi connectivity index (χ4v) is 4.31. The van der Waals surface area contributed by atoms with Gasteiger partial charge in [-0.15, -0.1) is 11.3 Å². The number of nitrogens with two attached hydrogens (primary N) is 1. The first-order valence-electron chi connectivity index (χ1n) is 7.89. The summed E-state index contributed by atoms with van der Waals surface area (Å²) in [5.74, 6) is 0.738. The summed E-state index contributed by atoms with van der Waals surface area (Å²) < 4.78 is 43.9. The van der Waals surface area contributed by atoms with Crippen molar-refractivity contribution < 1.29 is 17.7 Å². The minimum Gasteiger partial charge on any atom is -0.333 e. The number of thiophene rings is 1. The van der Waals surface area contributed by atoms with E-state index in [2.05, 4.69) is 15.1 Å². The zero-order valence-electron chi connectivity index (χ0n) is 13.4. The Kier molecular flexibility index (Phi) is 3.62. The number of pyridine rings is 1. The molecule has 2 N–H and O–H groups in total. The van der Waals surface area contributed by atoms with Gasteiger partial charge in [-0.1, -0.05) is 18.0 Å². The van der Waals surface area contributed by atoms with Crippen LogP contribution in [0.15, 0.2) is 16.7 Å². The molecule has 0 spiro atoms.